The van der Waals surface area contributed by atoms with E-state index >= 15 is 0 Å². The smallest absolute Gasteiger partial charge is 0.0189 e. The first-order chi connectivity index (χ1) is 8.60. The van der Waals surface area contributed by atoms with Crippen molar-refractivity contribution in [2.45, 2.75) is 37.1 Å². The van der Waals surface area contributed by atoms with Crippen LogP contribution in [0.15, 0.2) is 46.2 Å². The first-order valence-electron chi connectivity index (χ1n) is 6.15. The van der Waals surface area contributed by atoms with Crippen LogP contribution >= 0.6 is 11.8 Å². The maximum absolute atomic E-state index is 5.83. The Bertz CT molecular complexity index is 561. The van der Waals surface area contributed by atoms with Gasteiger partial charge in [-0.25, -0.2) is 0 Å². The minimum atomic E-state index is 0.592. The van der Waals surface area contributed by atoms with Gasteiger partial charge in [-0.05, 0) is 49.6 Å². The molecular formula is C16H19NS. The molecule has 0 unspecified atom stereocenters. The summed E-state index contributed by atoms with van der Waals surface area (Å²) in [5.74, 6) is 0. The van der Waals surface area contributed by atoms with Gasteiger partial charge in [0.05, 0.1) is 0 Å². The Kier molecular flexibility index (Phi) is 4.10. The van der Waals surface area contributed by atoms with Gasteiger partial charge in [-0.15, -0.1) is 0 Å². The van der Waals surface area contributed by atoms with Crippen LogP contribution in [-0.4, -0.2) is 0 Å². The molecule has 0 aliphatic rings. The fourth-order valence-electron chi connectivity index (χ4n) is 1.90. The van der Waals surface area contributed by atoms with Crippen molar-refractivity contribution in [2.75, 3.05) is 0 Å². The van der Waals surface area contributed by atoms with E-state index in [9.17, 15) is 0 Å². The van der Waals surface area contributed by atoms with Gasteiger partial charge in [-0.3, -0.25) is 0 Å². The summed E-state index contributed by atoms with van der Waals surface area (Å²) in [5, 5.41) is 0. The van der Waals surface area contributed by atoms with Crippen LogP contribution in [0.2, 0.25) is 0 Å². The fourth-order valence-corrected chi connectivity index (χ4v) is 3.02. The van der Waals surface area contributed by atoms with E-state index < -0.39 is 0 Å². The van der Waals surface area contributed by atoms with Crippen molar-refractivity contribution in [3.63, 3.8) is 0 Å². The minimum absolute atomic E-state index is 0.592. The molecule has 94 valence electrons. The van der Waals surface area contributed by atoms with Crippen LogP contribution in [0.4, 0.5) is 0 Å². The quantitative estimate of drug-likeness (QED) is 0.891. The number of rotatable bonds is 3. The van der Waals surface area contributed by atoms with Gasteiger partial charge in [0, 0.05) is 16.3 Å². The summed E-state index contributed by atoms with van der Waals surface area (Å²) in [6.45, 7) is 6.97. The van der Waals surface area contributed by atoms with Crippen molar-refractivity contribution >= 4 is 11.8 Å². The standard InChI is InChI=1S/C16H19NS/c1-11-5-7-15(14(8-11)10-17)18-16-9-12(2)4-6-13(16)3/h4-9H,10,17H2,1-3H3. The normalized spacial score (nSPS) is 10.7. The maximum Gasteiger partial charge on any atom is 0.0189 e. The highest BCUT2D eigenvalue weighted by molar-refractivity contribution is 7.99. The zero-order valence-electron chi connectivity index (χ0n) is 11.2. The van der Waals surface area contributed by atoms with E-state index in [0.29, 0.717) is 6.54 Å². The van der Waals surface area contributed by atoms with E-state index in [-0.39, 0.29) is 0 Å². The van der Waals surface area contributed by atoms with Crippen LogP contribution in [0.25, 0.3) is 0 Å². The summed E-state index contributed by atoms with van der Waals surface area (Å²) >= 11 is 1.81. The molecule has 2 aromatic rings. The average molecular weight is 257 g/mol. The fraction of sp³-hybridized carbons (Fsp3) is 0.250. The second-order valence-electron chi connectivity index (χ2n) is 4.69. The third kappa shape index (κ3) is 2.95. The zero-order valence-corrected chi connectivity index (χ0v) is 12.0. The molecule has 0 amide bonds. The molecule has 0 radical (unpaired) electrons. The number of benzene rings is 2. The monoisotopic (exact) mass is 257 g/mol. The van der Waals surface area contributed by atoms with Gasteiger partial charge < -0.3 is 5.73 Å². The molecule has 0 aromatic heterocycles. The molecule has 2 aromatic carbocycles. The molecule has 0 aliphatic carbocycles. The summed E-state index contributed by atoms with van der Waals surface area (Å²) in [4.78, 5) is 2.57. The average Bonchev–Trinajstić information content (AvgIpc) is 2.36. The van der Waals surface area contributed by atoms with Crippen molar-refractivity contribution in [3.8, 4) is 0 Å². The Morgan fingerprint density at radius 2 is 1.56 bits per heavy atom. The number of nitrogens with two attached hydrogens (primary N) is 1. The Hall–Kier alpha value is -1.25. The lowest BCUT2D eigenvalue weighted by atomic mass is 10.1. The van der Waals surface area contributed by atoms with E-state index in [0.717, 1.165) is 0 Å². The summed E-state index contributed by atoms with van der Waals surface area (Å²) in [5.41, 5.74) is 10.9. The van der Waals surface area contributed by atoms with Crippen LogP contribution in [0, 0.1) is 20.8 Å². The van der Waals surface area contributed by atoms with Gasteiger partial charge in [0.1, 0.15) is 0 Å². The van der Waals surface area contributed by atoms with Crippen LogP contribution in [0.5, 0.6) is 0 Å². The van der Waals surface area contributed by atoms with E-state index in [1.807, 2.05) is 11.8 Å². The second-order valence-corrected chi connectivity index (χ2v) is 5.77. The first kappa shape index (κ1) is 13.2. The molecule has 0 saturated carbocycles. The molecule has 1 nitrogen and oxygen atoms in total. The molecule has 0 spiro atoms. The lowest BCUT2D eigenvalue weighted by molar-refractivity contribution is 1.02. The number of aryl methyl sites for hydroxylation is 3. The van der Waals surface area contributed by atoms with E-state index in [1.165, 1.54) is 32.0 Å². The highest BCUT2D eigenvalue weighted by atomic mass is 32.2. The number of hydrogen-bond acceptors (Lipinski definition) is 2. The van der Waals surface area contributed by atoms with Gasteiger partial charge in [-0.2, -0.15) is 0 Å². The molecule has 18 heavy (non-hydrogen) atoms. The van der Waals surface area contributed by atoms with Crippen molar-refractivity contribution in [3.05, 3.63) is 58.7 Å². The number of hydrogen-bond donors (Lipinski definition) is 1. The van der Waals surface area contributed by atoms with E-state index in [4.69, 9.17) is 5.73 Å². The molecule has 2 heteroatoms. The van der Waals surface area contributed by atoms with Crippen LogP contribution in [-0.2, 0) is 6.54 Å². The molecule has 0 bridgehead atoms. The first-order valence-corrected chi connectivity index (χ1v) is 6.96. The van der Waals surface area contributed by atoms with Crippen LogP contribution in [0.3, 0.4) is 0 Å². The zero-order chi connectivity index (χ0) is 13.1. The highest BCUT2D eigenvalue weighted by Gasteiger charge is 2.06. The molecule has 2 N–H and O–H groups in total. The van der Waals surface area contributed by atoms with Gasteiger partial charge in [0.25, 0.3) is 0 Å². The van der Waals surface area contributed by atoms with Crippen molar-refractivity contribution in [2.24, 2.45) is 5.73 Å². The lowest BCUT2D eigenvalue weighted by Crippen LogP contribution is -1.99. The van der Waals surface area contributed by atoms with Crippen molar-refractivity contribution in [1.82, 2.24) is 0 Å². The topological polar surface area (TPSA) is 26.0 Å². The third-order valence-electron chi connectivity index (χ3n) is 3.00. The van der Waals surface area contributed by atoms with Crippen molar-refractivity contribution in [1.29, 1.82) is 0 Å². The summed E-state index contributed by atoms with van der Waals surface area (Å²) in [7, 11) is 0. The van der Waals surface area contributed by atoms with Gasteiger partial charge in [0.2, 0.25) is 0 Å². The molecule has 0 saturated heterocycles. The van der Waals surface area contributed by atoms with Gasteiger partial charge >= 0.3 is 0 Å². The maximum atomic E-state index is 5.83. The van der Waals surface area contributed by atoms with Crippen LogP contribution in [0.1, 0.15) is 22.3 Å². The van der Waals surface area contributed by atoms with Crippen molar-refractivity contribution < 1.29 is 0 Å². The third-order valence-corrected chi connectivity index (χ3v) is 4.28. The molecule has 0 aliphatic heterocycles. The predicted molar refractivity (Wildman–Crippen MR) is 79.1 cm³/mol. The summed E-state index contributed by atoms with van der Waals surface area (Å²) < 4.78 is 0. The lowest BCUT2D eigenvalue weighted by Gasteiger charge is -2.11. The predicted octanol–water partition coefficient (Wildman–Crippen LogP) is 4.22. The van der Waals surface area contributed by atoms with E-state index in [2.05, 4.69) is 57.2 Å². The van der Waals surface area contributed by atoms with Gasteiger partial charge in [0.15, 0.2) is 0 Å². The SMILES string of the molecule is Cc1ccc(Sc2cc(C)ccc2C)c(CN)c1. The Morgan fingerprint density at radius 3 is 2.28 bits per heavy atom. The Labute approximate surface area is 113 Å². The second kappa shape index (κ2) is 5.59. The highest BCUT2D eigenvalue weighted by Crippen LogP contribution is 2.33. The Morgan fingerprint density at radius 1 is 0.889 bits per heavy atom. The van der Waals surface area contributed by atoms with E-state index in [1.54, 1.807) is 0 Å². The van der Waals surface area contributed by atoms with Crippen LogP contribution < -0.4 is 5.73 Å². The molecule has 2 rings (SSSR count). The largest absolute Gasteiger partial charge is 0.326 e. The molecule has 0 atom stereocenters. The Balaban J connectivity index is 2.36. The molecule has 0 fully saturated rings. The summed E-state index contributed by atoms with van der Waals surface area (Å²) in [6.07, 6.45) is 0. The molecular weight excluding hydrogens is 238 g/mol. The molecule has 0 heterocycles. The summed E-state index contributed by atoms with van der Waals surface area (Å²) in [6, 6.07) is 13.1. The minimum Gasteiger partial charge on any atom is -0.326 e. The van der Waals surface area contributed by atoms with Gasteiger partial charge in [-0.1, -0.05) is 41.6 Å².